The van der Waals surface area contributed by atoms with E-state index in [1.54, 1.807) is 0 Å². The first-order chi connectivity index (χ1) is 62.6. The highest BCUT2D eigenvalue weighted by Crippen LogP contribution is 2.62. The number of rotatable bonds is 10. The summed E-state index contributed by atoms with van der Waals surface area (Å²) < 4.78 is 62.7. The zero-order valence-electron chi connectivity index (χ0n) is 65.7. The molecule has 5 aliphatic rings. The number of aliphatic hydroxyl groups is 4. The summed E-state index contributed by atoms with van der Waals surface area (Å²) in [4.78, 5) is 120. The Morgan fingerprint density at radius 2 is 0.752 bits per heavy atom. The van der Waals surface area contributed by atoms with Crippen molar-refractivity contribution in [2.24, 2.45) is 0 Å². The summed E-state index contributed by atoms with van der Waals surface area (Å²) in [6.45, 7) is -3.24. The molecule has 0 aromatic heterocycles. The van der Waals surface area contributed by atoms with E-state index in [0.29, 0.717) is 30.3 Å². The largest absolute Gasteiger partial charge is 0.507 e. The van der Waals surface area contributed by atoms with Gasteiger partial charge < -0.3 is 210 Å². The predicted molar refractivity (Wildman–Crippen MR) is 417 cm³/mol. The molecule has 1 fully saturated rings. The molecule has 12 atom stereocenters. The van der Waals surface area contributed by atoms with Crippen LogP contribution in [-0.2, 0) is 49.1 Å². The fourth-order valence-electron chi connectivity index (χ4n) is 15.3. The number of fused-ring (bicyclic) bond motifs is 11. The van der Waals surface area contributed by atoms with Gasteiger partial charge in [0.15, 0.2) is 152 Å². The third-order valence-electron chi connectivity index (χ3n) is 21.7. The molecule has 50 nitrogen and oxygen atoms in total. The first-order valence-electron chi connectivity index (χ1n) is 37.6. The van der Waals surface area contributed by atoms with Gasteiger partial charge in [-0.25, -0.2) is 38.4 Å². The van der Waals surface area contributed by atoms with Crippen molar-refractivity contribution in [2.45, 2.75) is 79.9 Å². The normalized spacial score (nSPS) is 20.7. The minimum absolute atomic E-state index is 0.173. The Morgan fingerprint density at radius 1 is 0.338 bits per heavy atom. The molecule has 10 aromatic carbocycles. The molecule has 15 rings (SSSR count). The maximum atomic E-state index is 16.3. The summed E-state index contributed by atoms with van der Waals surface area (Å²) in [6, 6.07) is 5.68. The lowest BCUT2D eigenvalue weighted by atomic mass is 9.87. The van der Waals surface area contributed by atoms with Crippen molar-refractivity contribution in [3.8, 4) is 206 Å². The van der Waals surface area contributed by atoms with Crippen molar-refractivity contribution in [3.63, 3.8) is 0 Å². The summed E-state index contributed by atoms with van der Waals surface area (Å²) in [5, 5.41) is 351. The number of phenols is 27. The highest BCUT2D eigenvalue weighted by Gasteiger charge is 2.56. The molecule has 5 heterocycles. The highest BCUT2D eigenvalue weighted by atomic mass is 16.7. The van der Waals surface area contributed by atoms with Crippen LogP contribution in [0.25, 0.3) is 33.4 Å². The fourth-order valence-corrected chi connectivity index (χ4v) is 15.3. The summed E-state index contributed by atoms with van der Waals surface area (Å²) in [7, 11) is 0. The number of aromatic hydroxyl groups is 27. The van der Waals surface area contributed by atoms with Gasteiger partial charge in [0, 0.05) is 45.9 Å². The average molecular weight is 1860 g/mol. The van der Waals surface area contributed by atoms with Crippen molar-refractivity contribution in [3.05, 3.63) is 140 Å². The molecule has 0 saturated carbocycles. The Balaban J connectivity index is 0.887. The van der Waals surface area contributed by atoms with Crippen LogP contribution in [0.4, 0.5) is 0 Å². The van der Waals surface area contributed by atoms with E-state index >= 15 is 19.2 Å². The zero-order valence-corrected chi connectivity index (χ0v) is 65.7. The van der Waals surface area contributed by atoms with E-state index in [1.807, 2.05) is 0 Å². The molecule has 50 heteroatoms. The summed E-state index contributed by atoms with van der Waals surface area (Å²) in [5.41, 5.74) is -21.6. The average Bonchev–Trinajstić information content (AvgIpc) is 1.07. The molecule has 133 heavy (non-hydrogen) atoms. The number of hydrogen-bond donors (Lipinski definition) is 31. The van der Waals surface area contributed by atoms with Crippen molar-refractivity contribution in [1.29, 1.82) is 0 Å². The first-order valence-corrected chi connectivity index (χ1v) is 37.6. The maximum absolute atomic E-state index is 16.3. The SMILES string of the molecule is O=C(OC1C(O)OC2COC(=O)c3cc(O)c(O)c(O)c3-c3c(cc(O)c(O)c3O)C(=O)OC2C1OC(=O)c1cc(O)c(O)c(O)c1)c1cc(O)c(O)c(Oc2c(O)c(O)c(O)c3c2C(=O)OC(C2OC(=O)c4cc(O)c(O)c(O)c4-c4c(cc(O)c(O)c4O)C(=O)OC2C(O)c2c(O)cc(O)c4c2OC(c2ccc(O)c(O)c2)C(O)C4)C(O)COC(=O)c2cc(O)c(O)c(O)c2-3)c1. The smallest absolute Gasteiger partial charge is 0.343 e. The van der Waals surface area contributed by atoms with Crippen LogP contribution in [0, 0.1) is 0 Å². The van der Waals surface area contributed by atoms with E-state index in [9.17, 15) is 177 Å². The number of benzene rings is 10. The van der Waals surface area contributed by atoms with Gasteiger partial charge in [-0.1, -0.05) is 6.07 Å². The minimum atomic E-state index is -3.39. The van der Waals surface area contributed by atoms with Gasteiger partial charge in [-0.2, -0.15) is 0 Å². The number of esters is 8. The van der Waals surface area contributed by atoms with Crippen molar-refractivity contribution >= 4 is 47.8 Å². The van der Waals surface area contributed by atoms with Gasteiger partial charge in [0.05, 0.1) is 56.2 Å². The number of hydrogen-bond acceptors (Lipinski definition) is 50. The Hall–Kier alpha value is -18.0. The summed E-state index contributed by atoms with van der Waals surface area (Å²) in [6.07, 6.45) is -34.5. The molecule has 5 aliphatic heterocycles. The van der Waals surface area contributed by atoms with Crippen LogP contribution >= 0.6 is 0 Å². The fraction of sp³-hybridized carbons (Fsp3) is 0.181. The first kappa shape index (κ1) is 89.8. The quantitative estimate of drug-likeness (QED) is 0.0531. The minimum Gasteiger partial charge on any atom is -0.507 e. The third-order valence-corrected chi connectivity index (χ3v) is 21.7. The monoisotopic (exact) mass is 1860 g/mol. The number of phenolic OH excluding ortho intramolecular Hbond substituents is 27. The number of cyclic esters (lactones) is 5. The molecule has 694 valence electrons. The van der Waals surface area contributed by atoms with E-state index in [4.69, 9.17) is 52.1 Å². The van der Waals surface area contributed by atoms with Gasteiger partial charge in [0.1, 0.15) is 60.4 Å². The second-order valence-electron chi connectivity index (χ2n) is 29.7. The van der Waals surface area contributed by atoms with E-state index < -0.39 is 402 Å². The second kappa shape index (κ2) is 33.0. The van der Waals surface area contributed by atoms with E-state index in [0.717, 1.165) is 18.2 Å². The van der Waals surface area contributed by atoms with Crippen molar-refractivity contribution < 1.29 is 249 Å². The van der Waals surface area contributed by atoms with Gasteiger partial charge in [-0.05, 0) is 72.3 Å². The number of carbonyl (C=O) groups is 8. The van der Waals surface area contributed by atoms with E-state index in [2.05, 4.69) is 0 Å². The molecule has 0 amide bonds. The van der Waals surface area contributed by atoms with Crippen LogP contribution in [0.15, 0.2) is 78.9 Å². The molecule has 1 saturated heterocycles. The van der Waals surface area contributed by atoms with Gasteiger partial charge >= 0.3 is 47.8 Å². The lowest BCUT2D eigenvalue weighted by Gasteiger charge is -2.42. The molecule has 10 aromatic rings. The van der Waals surface area contributed by atoms with Crippen LogP contribution in [0.1, 0.15) is 112 Å². The molecule has 12 unspecified atom stereocenters. The zero-order chi connectivity index (χ0) is 96.8. The Bertz CT molecular complexity index is 6710. The number of aliphatic hydroxyl groups excluding tert-OH is 4. The second-order valence-corrected chi connectivity index (χ2v) is 29.7. The lowest BCUT2D eigenvalue weighted by molar-refractivity contribution is -0.284. The molecule has 0 aliphatic carbocycles. The maximum Gasteiger partial charge on any atom is 0.343 e. The van der Waals surface area contributed by atoms with Crippen molar-refractivity contribution in [2.75, 3.05) is 13.2 Å². The van der Waals surface area contributed by atoms with Crippen LogP contribution < -0.4 is 9.47 Å². The molecule has 0 spiro atoms. The van der Waals surface area contributed by atoms with Gasteiger partial charge in [0.25, 0.3) is 0 Å². The van der Waals surface area contributed by atoms with Crippen LogP contribution in [0.2, 0.25) is 0 Å². The number of carbonyl (C=O) groups excluding carboxylic acids is 8. The molecule has 31 N–H and O–H groups in total. The Morgan fingerprint density at radius 3 is 1.24 bits per heavy atom. The van der Waals surface area contributed by atoms with Crippen LogP contribution in [0.5, 0.6) is 172 Å². The third kappa shape index (κ3) is 15.0. The van der Waals surface area contributed by atoms with Crippen LogP contribution in [-0.4, -0.2) is 280 Å². The van der Waals surface area contributed by atoms with Crippen molar-refractivity contribution in [1.82, 2.24) is 0 Å². The van der Waals surface area contributed by atoms with E-state index in [1.165, 1.54) is 0 Å². The standard InChI is InChI=1S/C83H62O50/c84-26-2-1-17(3-28(26)86)66-38(96)8-20-27(85)14-29(87)47(67(20)127-66)63(111)71-72(132-81(120)25-13-37(95)55(103)60(108)45(25)44-24(80(119)130-71)12-36(94)54(102)59(44)107)68-39(97)15-123-77(116)22-10-34(92)56(104)61(109)46(22)48-49(82(121)128-68)70(65(113)64(112)62(48)110)125-40-7-19(6-32(90)51(40)99)76(115)133-74-73(131-75(114)18-4-30(88)50(98)31(89)5-18)69-41(126-83(74)122)16-124-78(117)21-9-33(91)52(100)57(105)42(21)43-23(79(118)129-69)11-35(93)53(101)58(43)106/h1-7,9-14,38-39,41,63,66,68-69,71-74,83-113,122H,8,15-16H2. The highest BCUT2D eigenvalue weighted by molar-refractivity contribution is 6.13. The molecule has 0 radical (unpaired) electrons. The van der Waals surface area contributed by atoms with Gasteiger partial charge in [0.2, 0.25) is 46.0 Å². The number of ether oxygens (including phenoxy) is 11. The topological polar surface area (TPSA) is 865 Å². The van der Waals surface area contributed by atoms with Gasteiger partial charge in [-0.3, -0.25) is 0 Å². The van der Waals surface area contributed by atoms with E-state index in [-0.39, 0.29) is 35.9 Å². The lowest BCUT2D eigenvalue weighted by Crippen LogP contribution is -2.62. The predicted octanol–water partition coefficient (Wildman–Crippen LogP) is 2.99. The molecule has 0 bridgehead atoms. The molecular weight excluding hydrogens is 1800 g/mol. The van der Waals surface area contributed by atoms with Gasteiger partial charge in [-0.15, -0.1) is 0 Å². The van der Waals surface area contributed by atoms with Crippen LogP contribution in [0.3, 0.4) is 0 Å². The Labute approximate surface area is 732 Å². The Kier molecular flexibility index (Phi) is 22.3. The molecular formula is C83H62O50. The summed E-state index contributed by atoms with van der Waals surface area (Å²) >= 11 is 0. The summed E-state index contributed by atoms with van der Waals surface area (Å²) in [5.74, 6) is -62.3.